The van der Waals surface area contributed by atoms with Gasteiger partial charge in [0, 0.05) is 25.0 Å². The van der Waals surface area contributed by atoms with Crippen molar-refractivity contribution >= 4 is 39.3 Å². The van der Waals surface area contributed by atoms with Crippen LogP contribution in [0, 0.1) is 0 Å². The number of halogens is 1. The molecule has 5 heteroatoms. The molecule has 0 radical (unpaired) electrons. The fraction of sp³-hybridized carbons (Fsp3) is 0.364. The first kappa shape index (κ1) is 13.4. The van der Waals surface area contributed by atoms with E-state index in [1.165, 1.54) is 0 Å². The molecular formula is C11H15BrN2OS. The summed E-state index contributed by atoms with van der Waals surface area (Å²) in [6, 6.07) is 5.33. The number of nitrogens with zero attached hydrogens (tertiary/aromatic N) is 1. The molecule has 1 aromatic rings. The van der Waals surface area contributed by atoms with E-state index in [9.17, 15) is 4.79 Å². The van der Waals surface area contributed by atoms with Gasteiger partial charge in [-0.15, -0.1) is 0 Å². The molecule has 0 saturated carbocycles. The summed E-state index contributed by atoms with van der Waals surface area (Å²) in [5.41, 5.74) is 6.94. The zero-order chi connectivity index (χ0) is 12.1. The predicted molar refractivity (Wildman–Crippen MR) is 73.9 cm³/mol. The SMILES string of the molecule is CSCCN(C)C(=O)c1cccc(N)c1Br. The molecule has 0 atom stereocenters. The number of nitrogen functional groups attached to an aromatic ring is 1. The van der Waals surface area contributed by atoms with E-state index in [4.69, 9.17) is 5.73 Å². The minimum atomic E-state index is -0.00627. The van der Waals surface area contributed by atoms with E-state index in [1.54, 1.807) is 41.9 Å². The summed E-state index contributed by atoms with van der Waals surface area (Å²) in [7, 11) is 1.80. The van der Waals surface area contributed by atoms with E-state index in [2.05, 4.69) is 15.9 Å². The van der Waals surface area contributed by atoms with Gasteiger partial charge < -0.3 is 10.6 Å². The molecule has 0 aliphatic carbocycles. The van der Waals surface area contributed by atoms with Crippen LogP contribution in [-0.4, -0.2) is 36.4 Å². The topological polar surface area (TPSA) is 46.3 Å². The van der Waals surface area contributed by atoms with Gasteiger partial charge in [-0.1, -0.05) is 6.07 Å². The smallest absolute Gasteiger partial charge is 0.254 e. The van der Waals surface area contributed by atoms with Crippen LogP contribution < -0.4 is 5.73 Å². The Morgan fingerprint density at radius 1 is 1.56 bits per heavy atom. The minimum Gasteiger partial charge on any atom is -0.398 e. The van der Waals surface area contributed by atoms with Crippen LogP contribution in [0.4, 0.5) is 5.69 Å². The van der Waals surface area contributed by atoms with Crippen molar-refractivity contribution in [3.05, 3.63) is 28.2 Å². The Bertz CT molecular complexity index is 384. The van der Waals surface area contributed by atoms with Gasteiger partial charge in [0.1, 0.15) is 0 Å². The number of nitrogens with two attached hydrogens (primary N) is 1. The normalized spacial score (nSPS) is 10.2. The molecule has 1 amide bonds. The van der Waals surface area contributed by atoms with Crippen molar-refractivity contribution in [2.75, 3.05) is 31.3 Å². The first-order valence-electron chi connectivity index (χ1n) is 4.86. The second-order valence-electron chi connectivity index (χ2n) is 3.43. The highest BCUT2D eigenvalue weighted by Crippen LogP contribution is 2.24. The van der Waals surface area contributed by atoms with Gasteiger partial charge in [0.2, 0.25) is 0 Å². The molecule has 0 spiro atoms. The molecule has 3 nitrogen and oxygen atoms in total. The number of anilines is 1. The Hall–Kier alpha value is -0.680. The van der Waals surface area contributed by atoms with E-state index in [0.29, 0.717) is 15.7 Å². The van der Waals surface area contributed by atoms with Gasteiger partial charge in [0.15, 0.2) is 0 Å². The maximum Gasteiger partial charge on any atom is 0.254 e. The van der Waals surface area contributed by atoms with Gasteiger partial charge in [-0.25, -0.2) is 0 Å². The van der Waals surface area contributed by atoms with Gasteiger partial charge in [-0.2, -0.15) is 11.8 Å². The van der Waals surface area contributed by atoms with Crippen LogP contribution >= 0.6 is 27.7 Å². The van der Waals surface area contributed by atoms with E-state index < -0.39 is 0 Å². The quantitative estimate of drug-likeness (QED) is 0.869. The maximum absolute atomic E-state index is 12.1. The summed E-state index contributed by atoms with van der Waals surface area (Å²) in [5, 5.41) is 0. The lowest BCUT2D eigenvalue weighted by molar-refractivity contribution is 0.0803. The van der Waals surface area contributed by atoms with Gasteiger partial charge in [0.05, 0.1) is 10.0 Å². The Morgan fingerprint density at radius 2 is 2.25 bits per heavy atom. The minimum absolute atomic E-state index is 0.00627. The highest BCUT2D eigenvalue weighted by molar-refractivity contribution is 9.10. The van der Waals surface area contributed by atoms with Crippen molar-refractivity contribution in [1.29, 1.82) is 0 Å². The van der Waals surface area contributed by atoms with Gasteiger partial charge in [0.25, 0.3) is 5.91 Å². The number of hydrogen-bond acceptors (Lipinski definition) is 3. The molecule has 0 heterocycles. The van der Waals surface area contributed by atoms with Crippen molar-refractivity contribution in [3.8, 4) is 0 Å². The molecule has 0 aromatic heterocycles. The third-order valence-corrected chi connectivity index (χ3v) is 3.71. The molecule has 0 aliphatic heterocycles. The summed E-state index contributed by atoms with van der Waals surface area (Å²) in [6.45, 7) is 0.737. The molecule has 2 N–H and O–H groups in total. The van der Waals surface area contributed by atoms with Crippen molar-refractivity contribution in [2.24, 2.45) is 0 Å². The number of hydrogen-bond donors (Lipinski definition) is 1. The maximum atomic E-state index is 12.1. The summed E-state index contributed by atoms with van der Waals surface area (Å²) in [4.78, 5) is 13.8. The van der Waals surface area contributed by atoms with Crippen LogP contribution in [0.2, 0.25) is 0 Å². The summed E-state index contributed by atoms with van der Waals surface area (Å²) < 4.78 is 0.677. The fourth-order valence-electron chi connectivity index (χ4n) is 1.25. The Balaban J connectivity index is 2.84. The van der Waals surface area contributed by atoms with Gasteiger partial charge >= 0.3 is 0 Å². The molecule has 16 heavy (non-hydrogen) atoms. The number of benzene rings is 1. The standard InChI is InChI=1S/C11H15BrN2OS/c1-14(6-7-16-2)11(15)8-4-3-5-9(13)10(8)12/h3-5H,6-7,13H2,1-2H3. The van der Waals surface area contributed by atoms with E-state index in [0.717, 1.165) is 12.3 Å². The molecule has 0 unspecified atom stereocenters. The number of amides is 1. The van der Waals surface area contributed by atoms with E-state index >= 15 is 0 Å². The second kappa shape index (κ2) is 6.15. The molecule has 0 fully saturated rings. The molecule has 1 rings (SSSR count). The average molecular weight is 303 g/mol. The molecular weight excluding hydrogens is 288 g/mol. The van der Waals surface area contributed by atoms with Crippen molar-refractivity contribution in [2.45, 2.75) is 0 Å². The first-order valence-corrected chi connectivity index (χ1v) is 7.05. The zero-order valence-corrected chi connectivity index (χ0v) is 11.8. The van der Waals surface area contributed by atoms with Gasteiger partial charge in [-0.3, -0.25) is 4.79 Å². The Labute approximate surface area is 109 Å². The third kappa shape index (κ3) is 3.15. The van der Waals surface area contributed by atoms with Crippen LogP contribution in [0.5, 0.6) is 0 Å². The van der Waals surface area contributed by atoms with Crippen molar-refractivity contribution in [3.63, 3.8) is 0 Å². The molecule has 88 valence electrons. The average Bonchev–Trinajstić information content (AvgIpc) is 2.28. The largest absolute Gasteiger partial charge is 0.398 e. The molecule has 0 bridgehead atoms. The van der Waals surface area contributed by atoms with Gasteiger partial charge in [-0.05, 0) is 34.3 Å². The van der Waals surface area contributed by atoms with Crippen LogP contribution in [0.25, 0.3) is 0 Å². The monoisotopic (exact) mass is 302 g/mol. The summed E-state index contributed by atoms with van der Waals surface area (Å²) >= 11 is 5.06. The molecule has 1 aromatic carbocycles. The number of carbonyl (C=O) groups is 1. The third-order valence-electron chi connectivity index (χ3n) is 2.24. The van der Waals surface area contributed by atoms with Crippen molar-refractivity contribution in [1.82, 2.24) is 4.90 Å². The lowest BCUT2D eigenvalue weighted by Gasteiger charge is -2.17. The molecule has 0 saturated heterocycles. The Morgan fingerprint density at radius 3 is 2.88 bits per heavy atom. The molecule has 0 aliphatic rings. The number of carbonyl (C=O) groups excluding carboxylic acids is 1. The zero-order valence-electron chi connectivity index (χ0n) is 9.37. The summed E-state index contributed by atoms with van der Waals surface area (Å²) in [5.74, 6) is 0.926. The fourth-order valence-corrected chi connectivity index (χ4v) is 2.14. The van der Waals surface area contributed by atoms with E-state index in [-0.39, 0.29) is 5.91 Å². The highest BCUT2D eigenvalue weighted by Gasteiger charge is 2.15. The van der Waals surface area contributed by atoms with Crippen LogP contribution in [0.15, 0.2) is 22.7 Å². The number of thioether (sulfide) groups is 1. The highest BCUT2D eigenvalue weighted by atomic mass is 79.9. The summed E-state index contributed by atoms with van der Waals surface area (Å²) in [6.07, 6.45) is 2.02. The van der Waals surface area contributed by atoms with Crippen LogP contribution in [-0.2, 0) is 0 Å². The van der Waals surface area contributed by atoms with Crippen LogP contribution in [0.3, 0.4) is 0 Å². The van der Waals surface area contributed by atoms with Crippen LogP contribution in [0.1, 0.15) is 10.4 Å². The first-order chi connectivity index (χ1) is 7.57. The lowest BCUT2D eigenvalue weighted by atomic mass is 10.2. The number of rotatable bonds is 4. The van der Waals surface area contributed by atoms with Crippen molar-refractivity contribution < 1.29 is 4.79 Å². The Kier molecular flexibility index (Phi) is 5.15. The predicted octanol–water partition coefficient (Wildman–Crippen LogP) is 2.47. The van der Waals surface area contributed by atoms with E-state index in [1.807, 2.05) is 6.26 Å². The second-order valence-corrected chi connectivity index (χ2v) is 5.21. The lowest BCUT2D eigenvalue weighted by Crippen LogP contribution is -2.29.